The molecule has 0 aliphatic carbocycles. The molecule has 0 saturated carbocycles. The Labute approximate surface area is 147 Å². The van der Waals surface area contributed by atoms with Crippen LogP contribution in [0.3, 0.4) is 0 Å². The molecule has 2 aliphatic heterocycles. The van der Waals surface area contributed by atoms with Crippen LogP contribution in [0.5, 0.6) is 0 Å². The second-order valence-electron chi connectivity index (χ2n) is 6.83. The molecule has 0 spiro atoms. The lowest BCUT2D eigenvalue weighted by Crippen LogP contribution is -2.50. The molecule has 7 heteroatoms. The summed E-state index contributed by atoms with van der Waals surface area (Å²) in [5.74, 6) is 1.12. The van der Waals surface area contributed by atoms with Gasteiger partial charge in [0.05, 0.1) is 10.2 Å². The van der Waals surface area contributed by atoms with Gasteiger partial charge in [-0.3, -0.25) is 4.90 Å². The van der Waals surface area contributed by atoms with Crippen molar-refractivity contribution in [1.82, 2.24) is 20.2 Å². The number of rotatable bonds is 3. The highest BCUT2D eigenvalue weighted by Crippen LogP contribution is 2.30. The average molecular weight is 354 g/mol. The lowest BCUT2D eigenvalue weighted by molar-refractivity contribution is 0.169. The van der Waals surface area contributed by atoms with E-state index in [9.17, 15) is 0 Å². The number of hydrogen-bond donors (Lipinski definition) is 1. The van der Waals surface area contributed by atoms with E-state index in [-0.39, 0.29) is 12.4 Å². The van der Waals surface area contributed by atoms with Gasteiger partial charge in [-0.05, 0) is 29.8 Å². The van der Waals surface area contributed by atoms with Crippen LogP contribution in [0.15, 0.2) is 17.8 Å². The van der Waals surface area contributed by atoms with E-state index in [4.69, 9.17) is 0 Å². The van der Waals surface area contributed by atoms with Gasteiger partial charge in [0.15, 0.2) is 0 Å². The van der Waals surface area contributed by atoms with E-state index in [0.29, 0.717) is 5.41 Å². The van der Waals surface area contributed by atoms with Crippen LogP contribution in [0.4, 0.5) is 5.82 Å². The van der Waals surface area contributed by atoms with E-state index >= 15 is 0 Å². The Hall–Kier alpha value is -0.950. The fourth-order valence-corrected chi connectivity index (χ4v) is 4.52. The quantitative estimate of drug-likeness (QED) is 0.916. The predicted molar refractivity (Wildman–Crippen MR) is 98.9 cm³/mol. The van der Waals surface area contributed by atoms with Crippen molar-refractivity contribution in [1.29, 1.82) is 0 Å². The summed E-state index contributed by atoms with van der Waals surface area (Å²) in [4.78, 5) is 13.9. The number of thiophene rings is 1. The van der Waals surface area contributed by atoms with Crippen molar-refractivity contribution in [2.75, 3.05) is 50.7 Å². The molecule has 4 heterocycles. The third-order valence-electron chi connectivity index (χ3n) is 4.96. The fraction of sp³-hybridized carbons (Fsp3) is 0.625. The van der Waals surface area contributed by atoms with Gasteiger partial charge in [-0.15, -0.1) is 23.7 Å². The third-order valence-corrected chi connectivity index (χ3v) is 5.86. The Morgan fingerprint density at radius 3 is 2.83 bits per heavy atom. The first kappa shape index (κ1) is 16.9. The highest BCUT2D eigenvalue weighted by molar-refractivity contribution is 7.17. The normalized spacial score (nSPS) is 25.7. The molecule has 4 rings (SSSR count). The molecule has 2 fully saturated rings. The summed E-state index contributed by atoms with van der Waals surface area (Å²) in [5, 5.41) is 5.61. The van der Waals surface area contributed by atoms with E-state index in [1.807, 2.05) is 0 Å². The minimum atomic E-state index is 0. The average Bonchev–Trinajstić information content (AvgIpc) is 3.16. The Bertz CT molecular complexity index is 647. The maximum Gasteiger partial charge on any atom is 0.150 e. The Kier molecular flexibility index (Phi) is 5.06. The first-order chi connectivity index (χ1) is 10.7. The van der Waals surface area contributed by atoms with Crippen LogP contribution in [0.25, 0.3) is 10.2 Å². The maximum atomic E-state index is 4.54. The SMILES string of the molecule is CC1(CN2CCN(c3ncnc4ccsc34)CC2)CCNC1.Cl. The third kappa shape index (κ3) is 3.45. The zero-order valence-electron chi connectivity index (χ0n) is 13.5. The van der Waals surface area contributed by atoms with Crippen molar-refractivity contribution in [3.05, 3.63) is 17.8 Å². The zero-order chi connectivity index (χ0) is 15.0. The van der Waals surface area contributed by atoms with Gasteiger partial charge >= 0.3 is 0 Å². The Morgan fingerprint density at radius 2 is 2.09 bits per heavy atom. The molecule has 1 N–H and O–H groups in total. The molecule has 2 aliphatic rings. The minimum absolute atomic E-state index is 0. The maximum absolute atomic E-state index is 4.54. The zero-order valence-corrected chi connectivity index (χ0v) is 15.1. The van der Waals surface area contributed by atoms with E-state index in [0.717, 1.165) is 44.1 Å². The number of anilines is 1. The molecule has 0 bridgehead atoms. The van der Waals surface area contributed by atoms with Crippen molar-refractivity contribution in [3.8, 4) is 0 Å². The van der Waals surface area contributed by atoms with Crippen molar-refractivity contribution in [2.45, 2.75) is 13.3 Å². The first-order valence-electron chi connectivity index (χ1n) is 8.10. The molecular weight excluding hydrogens is 330 g/mol. The minimum Gasteiger partial charge on any atom is -0.353 e. The van der Waals surface area contributed by atoms with Gasteiger partial charge in [-0.1, -0.05) is 6.92 Å². The lowest BCUT2D eigenvalue weighted by Gasteiger charge is -2.39. The highest BCUT2D eigenvalue weighted by Gasteiger charge is 2.32. The number of fused-ring (bicyclic) bond motifs is 1. The van der Waals surface area contributed by atoms with Gasteiger partial charge in [0, 0.05) is 39.3 Å². The predicted octanol–water partition coefficient (Wildman–Crippen LogP) is 2.23. The van der Waals surface area contributed by atoms with Gasteiger partial charge in [0.1, 0.15) is 12.1 Å². The fourth-order valence-electron chi connectivity index (χ4n) is 3.66. The van der Waals surface area contributed by atoms with Crippen LogP contribution in [0.2, 0.25) is 0 Å². The molecule has 5 nitrogen and oxygen atoms in total. The molecule has 2 aromatic heterocycles. The number of aromatic nitrogens is 2. The van der Waals surface area contributed by atoms with Crippen molar-refractivity contribution < 1.29 is 0 Å². The van der Waals surface area contributed by atoms with Gasteiger partial charge in [0.25, 0.3) is 0 Å². The van der Waals surface area contributed by atoms with E-state index < -0.39 is 0 Å². The lowest BCUT2D eigenvalue weighted by atomic mass is 9.89. The second-order valence-corrected chi connectivity index (χ2v) is 7.75. The van der Waals surface area contributed by atoms with Crippen LogP contribution in [0, 0.1) is 5.41 Å². The smallest absolute Gasteiger partial charge is 0.150 e. The summed E-state index contributed by atoms with van der Waals surface area (Å²) in [5.41, 5.74) is 1.53. The van der Waals surface area contributed by atoms with Crippen LogP contribution >= 0.6 is 23.7 Å². The Morgan fingerprint density at radius 1 is 1.26 bits per heavy atom. The molecule has 126 valence electrons. The first-order valence-corrected chi connectivity index (χ1v) is 8.98. The second kappa shape index (κ2) is 6.89. The van der Waals surface area contributed by atoms with E-state index in [1.165, 1.54) is 24.2 Å². The molecule has 0 aromatic carbocycles. The highest BCUT2D eigenvalue weighted by atomic mass is 35.5. The molecule has 23 heavy (non-hydrogen) atoms. The summed E-state index contributed by atoms with van der Waals surface area (Å²) in [6.07, 6.45) is 3.00. The van der Waals surface area contributed by atoms with Crippen LogP contribution in [-0.4, -0.2) is 60.7 Å². The largest absolute Gasteiger partial charge is 0.353 e. The summed E-state index contributed by atoms with van der Waals surface area (Å²) < 4.78 is 1.22. The van der Waals surface area contributed by atoms with Crippen molar-refractivity contribution >= 4 is 39.8 Å². The number of halogens is 1. The van der Waals surface area contributed by atoms with Crippen LogP contribution in [-0.2, 0) is 0 Å². The topological polar surface area (TPSA) is 44.3 Å². The molecule has 0 radical (unpaired) electrons. The number of nitrogens with zero attached hydrogens (tertiary/aromatic N) is 4. The van der Waals surface area contributed by atoms with E-state index in [2.05, 4.69) is 43.5 Å². The van der Waals surface area contributed by atoms with E-state index in [1.54, 1.807) is 17.7 Å². The standard InChI is InChI=1S/C16H23N5S.ClH/c1-16(3-4-17-10-16)11-20-5-7-21(8-6-20)15-14-13(2-9-22-14)18-12-19-15;/h2,9,12,17H,3-8,10-11H2,1H3;1H. The van der Waals surface area contributed by atoms with Crippen molar-refractivity contribution in [2.24, 2.45) is 5.41 Å². The summed E-state index contributed by atoms with van der Waals surface area (Å²) >= 11 is 1.75. The summed E-state index contributed by atoms with van der Waals surface area (Å²) in [6.45, 7) is 10.4. The Balaban J connectivity index is 0.00000156. The molecule has 1 unspecified atom stereocenters. The van der Waals surface area contributed by atoms with Crippen LogP contribution < -0.4 is 10.2 Å². The molecule has 1 atom stereocenters. The van der Waals surface area contributed by atoms with Gasteiger partial charge in [-0.2, -0.15) is 0 Å². The molecule has 2 aromatic rings. The molecule has 2 saturated heterocycles. The molecular formula is C16H24ClN5S. The van der Waals surface area contributed by atoms with Crippen LogP contribution in [0.1, 0.15) is 13.3 Å². The number of piperazine rings is 1. The number of hydrogen-bond acceptors (Lipinski definition) is 6. The number of nitrogens with one attached hydrogen (secondary N) is 1. The summed E-state index contributed by atoms with van der Waals surface area (Å²) in [6, 6.07) is 2.08. The van der Waals surface area contributed by atoms with Gasteiger partial charge < -0.3 is 10.2 Å². The monoisotopic (exact) mass is 353 g/mol. The van der Waals surface area contributed by atoms with Gasteiger partial charge in [-0.25, -0.2) is 9.97 Å². The molecule has 0 amide bonds. The van der Waals surface area contributed by atoms with Crippen molar-refractivity contribution in [3.63, 3.8) is 0 Å². The van der Waals surface area contributed by atoms with Gasteiger partial charge in [0.2, 0.25) is 0 Å². The summed E-state index contributed by atoms with van der Waals surface area (Å²) in [7, 11) is 0.